The first-order valence-corrected chi connectivity index (χ1v) is 9.56. The summed E-state index contributed by atoms with van der Waals surface area (Å²) >= 11 is 1.71. The third kappa shape index (κ3) is 3.44. The van der Waals surface area contributed by atoms with Gasteiger partial charge in [-0.15, -0.1) is 0 Å². The van der Waals surface area contributed by atoms with Crippen molar-refractivity contribution in [3.05, 3.63) is 42.5 Å². The molecule has 1 unspecified atom stereocenters. The van der Waals surface area contributed by atoms with Gasteiger partial charge in [-0.1, -0.05) is 30.3 Å². The Bertz CT molecular complexity index is 570. The lowest BCUT2D eigenvalue weighted by molar-refractivity contribution is 0.299. The molecule has 0 fully saturated rings. The van der Waals surface area contributed by atoms with E-state index in [1.54, 1.807) is 35.0 Å². The van der Waals surface area contributed by atoms with E-state index in [4.69, 9.17) is 9.05 Å². The first kappa shape index (κ1) is 12.9. The molecule has 0 radical (unpaired) electrons. The molecule has 1 atom stereocenters. The van der Waals surface area contributed by atoms with Gasteiger partial charge in [-0.2, -0.15) is 0 Å². The minimum atomic E-state index is -3.02. The summed E-state index contributed by atoms with van der Waals surface area (Å²) in [5.74, 6) is 0.565. The van der Waals surface area contributed by atoms with Crippen molar-refractivity contribution in [2.45, 2.75) is 6.92 Å². The van der Waals surface area contributed by atoms with Crippen molar-refractivity contribution in [3.63, 3.8) is 0 Å². The lowest BCUT2D eigenvalue weighted by Gasteiger charge is -2.12. The van der Waals surface area contributed by atoms with Crippen molar-refractivity contribution < 1.29 is 13.6 Å². The Morgan fingerprint density at radius 3 is 2.59 bits per heavy atom. The Labute approximate surface area is 113 Å². The SMILES string of the molecule is CCOP(=O)(I)Oc1ccc2ccccc2c1. The molecule has 0 N–H and O–H groups in total. The van der Waals surface area contributed by atoms with Gasteiger partial charge in [0.05, 0.1) is 28.6 Å². The molecule has 90 valence electrons. The number of hydrogen-bond donors (Lipinski definition) is 0. The predicted molar refractivity (Wildman–Crippen MR) is 77.8 cm³/mol. The molecule has 0 aliphatic carbocycles. The summed E-state index contributed by atoms with van der Waals surface area (Å²) in [6.07, 6.45) is 0. The van der Waals surface area contributed by atoms with E-state index in [1.165, 1.54) is 0 Å². The van der Waals surface area contributed by atoms with E-state index in [2.05, 4.69) is 0 Å². The highest BCUT2D eigenvalue weighted by atomic mass is 127. The lowest BCUT2D eigenvalue weighted by atomic mass is 10.1. The second kappa shape index (κ2) is 5.38. The number of hydrogen-bond acceptors (Lipinski definition) is 3. The van der Waals surface area contributed by atoms with Gasteiger partial charge in [0.15, 0.2) is 0 Å². The van der Waals surface area contributed by atoms with Crippen LogP contribution in [-0.2, 0) is 9.09 Å². The topological polar surface area (TPSA) is 35.5 Å². The van der Waals surface area contributed by atoms with Crippen LogP contribution in [0.1, 0.15) is 6.92 Å². The third-order valence-electron chi connectivity index (χ3n) is 2.22. The minimum Gasteiger partial charge on any atom is -0.418 e. The van der Waals surface area contributed by atoms with Gasteiger partial charge >= 0.3 is 5.24 Å². The number of fused-ring (bicyclic) bond motifs is 1. The van der Waals surface area contributed by atoms with Crippen LogP contribution in [0.25, 0.3) is 10.8 Å². The van der Waals surface area contributed by atoms with E-state index >= 15 is 0 Å². The Hall–Kier alpha value is -0.580. The fraction of sp³-hybridized carbons (Fsp3) is 0.167. The van der Waals surface area contributed by atoms with Gasteiger partial charge in [-0.05, 0) is 29.8 Å². The quantitative estimate of drug-likeness (QED) is 0.579. The number of rotatable bonds is 4. The number of halogens is 1. The molecule has 5 heteroatoms. The Kier molecular flexibility index (Phi) is 4.07. The van der Waals surface area contributed by atoms with Gasteiger partial charge in [-0.25, -0.2) is 4.57 Å². The van der Waals surface area contributed by atoms with E-state index in [0.717, 1.165) is 10.8 Å². The lowest BCUT2D eigenvalue weighted by Crippen LogP contribution is -1.91. The highest BCUT2D eigenvalue weighted by Crippen LogP contribution is 2.56. The summed E-state index contributed by atoms with van der Waals surface area (Å²) < 4.78 is 22.3. The molecular formula is C12H12IO3P. The van der Waals surface area contributed by atoms with Crippen molar-refractivity contribution in [3.8, 4) is 5.75 Å². The van der Waals surface area contributed by atoms with Gasteiger partial charge in [0.25, 0.3) is 0 Å². The first-order chi connectivity index (χ1) is 8.11. The Morgan fingerprint density at radius 2 is 1.88 bits per heavy atom. The summed E-state index contributed by atoms with van der Waals surface area (Å²) in [6, 6.07) is 13.5. The summed E-state index contributed by atoms with van der Waals surface area (Å²) in [5.41, 5.74) is 0. The fourth-order valence-electron chi connectivity index (χ4n) is 1.53. The third-order valence-corrected chi connectivity index (χ3v) is 4.64. The van der Waals surface area contributed by atoms with E-state index in [0.29, 0.717) is 12.4 Å². The zero-order valence-electron chi connectivity index (χ0n) is 9.30. The fourth-order valence-corrected chi connectivity index (χ4v) is 3.78. The van der Waals surface area contributed by atoms with Crippen LogP contribution in [0.2, 0.25) is 0 Å². The average molecular weight is 362 g/mol. The first-order valence-electron chi connectivity index (χ1n) is 5.23. The normalized spacial score (nSPS) is 14.5. The van der Waals surface area contributed by atoms with Gasteiger partial charge in [0, 0.05) is 0 Å². The molecule has 0 aliphatic rings. The van der Waals surface area contributed by atoms with E-state index < -0.39 is 5.24 Å². The molecule has 2 aromatic rings. The van der Waals surface area contributed by atoms with Crippen LogP contribution in [-0.4, -0.2) is 6.61 Å². The number of benzene rings is 2. The zero-order chi connectivity index (χ0) is 12.3. The zero-order valence-corrected chi connectivity index (χ0v) is 12.4. The maximum absolute atomic E-state index is 11.9. The summed E-state index contributed by atoms with van der Waals surface area (Å²) in [4.78, 5) is 0. The molecule has 0 saturated heterocycles. The van der Waals surface area contributed by atoms with E-state index in [9.17, 15) is 4.57 Å². The highest BCUT2D eigenvalue weighted by Gasteiger charge is 2.20. The molecule has 2 aromatic carbocycles. The van der Waals surface area contributed by atoms with Crippen molar-refractivity contribution in [1.29, 1.82) is 0 Å². The highest BCUT2D eigenvalue weighted by molar-refractivity contribution is 14.2. The van der Waals surface area contributed by atoms with Crippen LogP contribution in [0.3, 0.4) is 0 Å². The monoisotopic (exact) mass is 362 g/mol. The maximum atomic E-state index is 11.9. The smallest absolute Gasteiger partial charge is 0.418 e. The molecular weight excluding hydrogens is 350 g/mol. The minimum absolute atomic E-state index is 0.369. The standard InChI is InChI=1S/C12H12IO3P/c1-2-15-17(13,14)16-12-8-7-10-5-3-4-6-11(10)9-12/h3-9H,2H2,1H3. The van der Waals surface area contributed by atoms with E-state index in [1.807, 2.05) is 36.4 Å². The van der Waals surface area contributed by atoms with Crippen molar-refractivity contribution in [2.75, 3.05) is 6.61 Å². The summed E-state index contributed by atoms with van der Waals surface area (Å²) in [7, 11) is 0. The van der Waals surface area contributed by atoms with Crippen LogP contribution in [0.4, 0.5) is 0 Å². The summed E-state index contributed by atoms with van der Waals surface area (Å²) in [5, 5.41) is -0.844. The van der Waals surface area contributed by atoms with Crippen LogP contribution in [0, 0.1) is 0 Å². The van der Waals surface area contributed by atoms with Crippen LogP contribution in [0.15, 0.2) is 42.5 Å². The second-order valence-electron chi connectivity index (χ2n) is 3.45. The Morgan fingerprint density at radius 1 is 1.18 bits per heavy atom. The largest absolute Gasteiger partial charge is 0.438 e. The van der Waals surface area contributed by atoms with Crippen LogP contribution in [0.5, 0.6) is 5.75 Å². The van der Waals surface area contributed by atoms with Gasteiger partial charge < -0.3 is 4.52 Å². The average Bonchev–Trinajstić information content (AvgIpc) is 2.28. The van der Waals surface area contributed by atoms with Crippen molar-refractivity contribution >= 4 is 38.1 Å². The molecule has 2 rings (SSSR count). The molecule has 0 bridgehead atoms. The molecule has 0 saturated carbocycles. The van der Waals surface area contributed by atoms with Gasteiger partial charge in [0.1, 0.15) is 5.75 Å². The maximum Gasteiger partial charge on any atom is 0.438 e. The molecule has 0 amide bonds. The second-order valence-corrected chi connectivity index (χ2v) is 8.30. The predicted octanol–water partition coefficient (Wildman–Crippen LogP) is 4.80. The molecule has 0 heterocycles. The van der Waals surface area contributed by atoms with Crippen LogP contribution < -0.4 is 4.52 Å². The molecule has 0 spiro atoms. The molecule has 0 aliphatic heterocycles. The molecule has 3 nitrogen and oxygen atoms in total. The van der Waals surface area contributed by atoms with Crippen LogP contribution >= 0.6 is 27.3 Å². The molecule has 0 aromatic heterocycles. The van der Waals surface area contributed by atoms with E-state index in [-0.39, 0.29) is 0 Å². The Balaban J connectivity index is 2.28. The van der Waals surface area contributed by atoms with Crippen molar-refractivity contribution in [1.82, 2.24) is 0 Å². The van der Waals surface area contributed by atoms with Gasteiger partial charge in [-0.3, -0.25) is 4.52 Å². The molecule has 17 heavy (non-hydrogen) atoms. The summed E-state index contributed by atoms with van der Waals surface area (Å²) in [6.45, 7) is 2.16. The van der Waals surface area contributed by atoms with Crippen molar-refractivity contribution in [2.24, 2.45) is 0 Å². The van der Waals surface area contributed by atoms with Gasteiger partial charge in [0.2, 0.25) is 0 Å².